The fourth-order valence-corrected chi connectivity index (χ4v) is 2.67. The van der Waals surface area contributed by atoms with Crippen LogP contribution in [0.4, 0.5) is 0 Å². The predicted molar refractivity (Wildman–Crippen MR) is 87.0 cm³/mol. The van der Waals surface area contributed by atoms with E-state index in [0.29, 0.717) is 22.3 Å². The molecular formula is C16H26ClNO3. The van der Waals surface area contributed by atoms with E-state index in [9.17, 15) is 0 Å². The fourth-order valence-electron chi connectivity index (χ4n) is 2.39. The van der Waals surface area contributed by atoms with Crippen LogP contribution in [0, 0.1) is 0 Å². The topological polar surface area (TPSA) is 53.7 Å². The summed E-state index contributed by atoms with van der Waals surface area (Å²) in [5, 5.41) is 0.525. The van der Waals surface area contributed by atoms with Gasteiger partial charge in [-0.1, -0.05) is 25.4 Å². The van der Waals surface area contributed by atoms with Crippen molar-refractivity contribution in [3.8, 4) is 17.2 Å². The van der Waals surface area contributed by atoms with Gasteiger partial charge in [0.1, 0.15) is 0 Å². The van der Waals surface area contributed by atoms with Crippen molar-refractivity contribution in [3.63, 3.8) is 0 Å². The van der Waals surface area contributed by atoms with E-state index in [2.05, 4.69) is 13.8 Å². The third-order valence-corrected chi connectivity index (χ3v) is 4.09. The molecule has 0 fully saturated rings. The largest absolute Gasteiger partial charge is 0.492 e. The van der Waals surface area contributed by atoms with Crippen molar-refractivity contribution < 1.29 is 14.2 Å². The summed E-state index contributed by atoms with van der Waals surface area (Å²) in [5.41, 5.74) is 7.02. The molecule has 21 heavy (non-hydrogen) atoms. The highest BCUT2D eigenvalue weighted by Crippen LogP contribution is 2.47. The van der Waals surface area contributed by atoms with Crippen molar-refractivity contribution in [1.82, 2.24) is 0 Å². The van der Waals surface area contributed by atoms with Crippen LogP contribution in [0.3, 0.4) is 0 Å². The average Bonchev–Trinajstić information content (AvgIpc) is 2.50. The zero-order valence-electron chi connectivity index (χ0n) is 13.5. The Kier molecular flexibility index (Phi) is 7.12. The molecule has 1 aromatic carbocycles. The van der Waals surface area contributed by atoms with Gasteiger partial charge in [-0.05, 0) is 31.2 Å². The van der Waals surface area contributed by atoms with Crippen LogP contribution in [-0.2, 0) is 0 Å². The van der Waals surface area contributed by atoms with Gasteiger partial charge in [-0.2, -0.15) is 0 Å². The molecule has 0 radical (unpaired) electrons. The van der Waals surface area contributed by atoms with Crippen LogP contribution >= 0.6 is 11.6 Å². The van der Waals surface area contributed by atoms with Crippen molar-refractivity contribution in [3.05, 3.63) is 16.7 Å². The molecule has 0 aliphatic rings. The number of nitrogens with two attached hydrogens (primary N) is 1. The Hall–Kier alpha value is -1.13. The van der Waals surface area contributed by atoms with Gasteiger partial charge in [0.05, 0.1) is 26.4 Å². The van der Waals surface area contributed by atoms with Crippen LogP contribution in [-0.4, -0.2) is 27.4 Å². The van der Waals surface area contributed by atoms with Crippen LogP contribution in [0.15, 0.2) is 6.07 Å². The van der Waals surface area contributed by atoms with Gasteiger partial charge in [-0.3, -0.25) is 0 Å². The second kappa shape index (κ2) is 8.35. The Bertz CT molecular complexity index is 465. The standard InChI is InChI=1S/C16H26ClNO3/c1-6-11(18)8-7-10(2)12-9-13(17)15(20-4)16(21-5)14(12)19-3/h9-11H,6-8,18H2,1-5H3. The number of methoxy groups -OCH3 is 3. The minimum Gasteiger partial charge on any atom is -0.492 e. The van der Waals surface area contributed by atoms with Crippen LogP contribution in [0.2, 0.25) is 5.02 Å². The maximum absolute atomic E-state index is 6.29. The molecule has 0 spiro atoms. The summed E-state index contributed by atoms with van der Waals surface area (Å²) in [6, 6.07) is 2.12. The van der Waals surface area contributed by atoms with Crippen molar-refractivity contribution in [2.45, 2.75) is 45.1 Å². The zero-order chi connectivity index (χ0) is 16.0. The number of rotatable bonds is 8. The first-order valence-corrected chi connectivity index (χ1v) is 7.61. The Balaban J connectivity index is 3.14. The van der Waals surface area contributed by atoms with E-state index in [1.807, 2.05) is 6.07 Å². The number of benzene rings is 1. The molecule has 5 heteroatoms. The molecule has 2 atom stereocenters. The second-order valence-electron chi connectivity index (χ2n) is 5.19. The maximum Gasteiger partial charge on any atom is 0.205 e. The summed E-state index contributed by atoms with van der Waals surface area (Å²) in [4.78, 5) is 0. The van der Waals surface area contributed by atoms with E-state index in [1.54, 1.807) is 21.3 Å². The highest BCUT2D eigenvalue weighted by atomic mass is 35.5. The first kappa shape index (κ1) is 17.9. The summed E-state index contributed by atoms with van der Waals surface area (Å²) < 4.78 is 16.2. The molecule has 0 saturated carbocycles. The van der Waals surface area contributed by atoms with E-state index >= 15 is 0 Å². The van der Waals surface area contributed by atoms with Gasteiger partial charge in [0.15, 0.2) is 11.5 Å². The Morgan fingerprint density at radius 3 is 2.10 bits per heavy atom. The lowest BCUT2D eigenvalue weighted by Crippen LogP contribution is -2.19. The lowest BCUT2D eigenvalue weighted by molar-refractivity contribution is 0.320. The SMILES string of the molecule is CCC(N)CCC(C)c1cc(Cl)c(OC)c(OC)c1OC. The Labute approximate surface area is 132 Å². The third-order valence-electron chi connectivity index (χ3n) is 3.81. The average molecular weight is 316 g/mol. The summed E-state index contributed by atoms with van der Waals surface area (Å²) in [5.74, 6) is 1.98. The van der Waals surface area contributed by atoms with Gasteiger partial charge in [-0.25, -0.2) is 0 Å². The molecule has 120 valence electrons. The van der Waals surface area contributed by atoms with E-state index in [4.69, 9.17) is 31.5 Å². The van der Waals surface area contributed by atoms with Crippen LogP contribution in [0.25, 0.3) is 0 Å². The maximum atomic E-state index is 6.29. The van der Waals surface area contributed by atoms with E-state index in [-0.39, 0.29) is 12.0 Å². The number of hydrogen-bond acceptors (Lipinski definition) is 4. The molecule has 2 N–H and O–H groups in total. The molecule has 1 aromatic rings. The van der Waals surface area contributed by atoms with E-state index in [1.165, 1.54) is 0 Å². The van der Waals surface area contributed by atoms with Gasteiger partial charge in [0.2, 0.25) is 5.75 Å². The highest BCUT2D eigenvalue weighted by Gasteiger charge is 2.23. The molecule has 0 saturated heterocycles. The fraction of sp³-hybridized carbons (Fsp3) is 0.625. The van der Waals surface area contributed by atoms with Gasteiger partial charge in [0.25, 0.3) is 0 Å². The molecule has 1 rings (SSSR count). The second-order valence-corrected chi connectivity index (χ2v) is 5.60. The van der Waals surface area contributed by atoms with Crippen molar-refractivity contribution in [2.75, 3.05) is 21.3 Å². The van der Waals surface area contributed by atoms with Crippen LogP contribution in [0.1, 0.15) is 44.6 Å². The summed E-state index contributed by atoms with van der Waals surface area (Å²) >= 11 is 6.29. The summed E-state index contributed by atoms with van der Waals surface area (Å²) in [7, 11) is 4.77. The molecule has 4 nitrogen and oxygen atoms in total. The monoisotopic (exact) mass is 315 g/mol. The van der Waals surface area contributed by atoms with Crippen molar-refractivity contribution >= 4 is 11.6 Å². The lowest BCUT2D eigenvalue weighted by atomic mass is 9.92. The molecule has 0 bridgehead atoms. The zero-order valence-corrected chi connectivity index (χ0v) is 14.3. The Morgan fingerprint density at radius 2 is 1.62 bits per heavy atom. The first-order valence-electron chi connectivity index (χ1n) is 7.23. The highest BCUT2D eigenvalue weighted by molar-refractivity contribution is 6.32. The molecule has 0 aromatic heterocycles. The lowest BCUT2D eigenvalue weighted by Gasteiger charge is -2.21. The smallest absolute Gasteiger partial charge is 0.205 e. The summed E-state index contributed by atoms with van der Waals surface area (Å²) in [6.45, 7) is 4.24. The van der Waals surface area contributed by atoms with Gasteiger partial charge in [-0.15, -0.1) is 0 Å². The normalized spacial score (nSPS) is 13.7. The Morgan fingerprint density at radius 1 is 1.05 bits per heavy atom. The predicted octanol–water partition coefficient (Wildman–Crippen LogP) is 3.99. The van der Waals surface area contributed by atoms with Gasteiger partial charge >= 0.3 is 0 Å². The van der Waals surface area contributed by atoms with Crippen molar-refractivity contribution in [1.29, 1.82) is 0 Å². The molecule has 0 aliphatic heterocycles. The third kappa shape index (κ3) is 4.17. The number of hydrogen-bond donors (Lipinski definition) is 1. The first-order chi connectivity index (χ1) is 9.99. The molecule has 2 unspecified atom stereocenters. The quantitative estimate of drug-likeness (QED) is 0.788. The number of ether oxygens (including phenoxy) is 3. The number of halogens is 1. The minimum atomic E-state index is 0.231. The van der Waals surface area contributed by atoms with Crippen molar-refractivity contribution in [2.24, 2.45) is 5.73 Å². The van der Waals surface area contributed by atoms with Crippen LogP contribution in [0.5, 0.6) is 17.2 Å². The minimum absolute atomic E-state index is 0.231. The van der Waals surface area contributed by atoms with E-state index in [0.717, 1.165) is 24.8 Å². The molecular weight excluding hydrogens is 290 g/mol. The summed E-state index contributed by atoms with van der Waals surface area (Å²) in [6.07, 6.45) is 2.92. The van der Waals surface area contributed by atoms with Crippen LogP contribution < -0.4 is 19.9 Å². The van der Waals surface area contributed by atoms with Gasteiger partial charge in [0, 0.05) is 11.6 Å². The molecule has 0 amide bonds. The molecule has 0 aliphatic carbocycles. The van der Waals surface area contributed by atoms with Gasteiger partial charge < -0.3 is 19.9 Å². The van der Waals surface area contributed by atoms with E-state index < -0.39 is 0 Å². The molecule has 0 heterocycles.